The van der Waals surface area contributed by atoms with E-state index in [1.807, 2.05) is 7.05 Å². The molecule has 3 aliphatic heterocycles. The molecule has 0 aromatic heterocycles. The lowest BCUT2D eigenvalue weighted by molar-refractivity contribution is 0.0652. The third-order valence-corrected chi connectivity index (χ3v) is 6.10. The second-order valence-electron chi connectivity index (χ2n) is 7.96. The van der Waals surface area contributed by atoms with E-state index in [0.29, 0.717) is 23.1 Å². The highest BCUT2D eigenvalue weighted by atomic mass is 16.5. The largest absolute Gasteiger partial charge is 0.381 e. The SMILES string of the molecule is CN=C(NCCCCN1C(=O)c2ccccc2C1=O)N1CCC2(CCOC2)C1. The van der Waals surface area contributed by atoms with Gasteiger partial charge >= 0.3 is 0 Å². The Kier molecular flexibility index (Phi) is 5.35. The lowest BCUT2D eigenvalue weighted by Gasteiger charge is -2.25. The summed E-state index contributed by atoms with van der Waals surface area (Å²) < 4.78 is 5.60. The quantitative estimate of drug-likeness (QED) is 0.362. The van der Waals surface area contributed by atoms with Gasteiger partial charge in [-0.1, -0.05) is 12.1 Å². The van der Waals surface area contributed by atoms with Crippen LogP contribution >= 0.6 is 0 Å². The van der Waals surface area contributed by atoms with E-state index in [9.17, 15) is 9.59 Å². The van der Waals surface area contributed by atoms with Crippen molar-refractivity contribution in [1.82, 2.24) is 15.1 Å². The van der Waals surface area contributed by atoms with Crippen LogP contribution in [0.5, 0.6) is 0 Å². The number of imide groups is 1. The maximum Gasteiger partial charge on any atom is 0.261 e. The Bertz CT molecular complexity index is 751. The smallest absolute Gasteiger partial charge is 0.261 e. The fraction of sp³-hybridized carbons (Fsp3) is 0.571. The molecule has 3 heterocycles. The highest BCUT2D eigenvalue weighted by Crippen LogP contribution is 2.38. The molecule has 2 fully saturated rings. The van der Waals surface area contributed by atoms with Crippen LogP contribution in [0.15, 0.2) is 29.3 Å². The Labute approximate surface area is 165 Å². The summed E-state index contributed by atoms with van der Waals surface area (Å²) >= 11 is 0. The van der Waals surface area contributed by atoms with Gasteiger partial charge < -0.3 is 15.0 Å². The summed E-state index contributed by atoms with van der Waals surface area (Å²) in [6.07, 6.45) is 3.94. The van der Waals surface area contributed by atoms with Crippen molar-refractivity contribution < 1.29 is 14.3 Å². The fourth-order valence-corrected chi connectivity index (χ4v) is 4.46. The Hall–Kier alpha value is -2.41. The first-order valence-electron chi connectivity index (χ1n) is 10.1. The fourth-order valence-electron chi connectivity index (χ4n) is 4.46. The number of nitrogens with one attached hydrogen (secondary N) is 1. The number of hydrogen-bond donors (Lipinski definition) is 1. The van der Waals surface area contributed by atoms with Crippen molar-refractivity contribution in [2.24, 2.45) is 10.4 Å². The minimum atomic E-state index is -0.175. The molecular weight excluding hydrogens is 356 g/mol. The topological polar surface area (TPSA) is 74.2 Å². The molecule has 7 nitrogen and oxygen atoms in total. The maximum absolute atomic E-state index is 12.4. The minimum absolute atomic E-state index is 0.175. The molecule has 1 aromatic carbocycles. The molecule has 0 saturated carbocycles. The van der Waals surface area contributed by atoms with E-state index in [2.05, 4.69) is 15.2 Å². The zero-order chi connectivity index (χ0) is 19.6. The van der Waals surface area contributed by atoms with Gasteiger partial charge in [-0.05, 0) is 37.8 Å². The zero-order valence-corrected chi connectivity index (χ0v) is 16.4. The van der Waals surface area contributed by atoms with E-state index in [4.69, 9.17) is 4.74 Å². The summed E-state index contributed by atoms with van der Waals surface area (Å²) in [6, 6.07) is 7.03. The summed E-state index contributed by atoms with van der Waals surface area (Å²) in [4.78, 5) is 32.9. The van der Waals surface area contributed by atoms with Crippen LogP contribution in [0.4, 0.5) is 0 Å². The molecule has 1 N–H and O–H groups in total. The van der Waals surface area contributed by atoms with Crippen molar-refractivity contribution in [2.75, 3.05) is 46.4 Å². The average Bonchev–Trinajstić information content (AvgIpc) is 3.41. The number of unbranched alkanes of at least 4 members (excludes halogenated alkanes) is 1. The van der Waals surface area contributed by atoms with Gasteiger partial charge in [0.05, 0.1) is 17.7 Å². The van der Waals surface area contributed by atoms with Gasteiger partial charge in [0.1, 0.15) is 0 Å². The Morgan fingerprint density at radius 1 is 1.18 bits per heavy atom. The standard InChI is InChI=1S/C21H28N4O3/c1-22-20(24-12-8-21(14-24)9-13-28-15-21)23-10-4-5-11-25-18(26)16-6-2-3-7-17(16)19(25)27/h2-3,6-7H,4-5,8-15H2,1H3,(H,22,23). The number of fused-ring (bicyclic) bond motifs is 1. The van der Waals surface area contributed by atoms with Crippen LogP contribution in [0.1, 0.15) is 46.4 Å². The highest BCUT2D eigenvalue weighted by molar-refractivity contribution is 6.21. The number of carbonyl (C=O) groups excluding carboxylic acids is 2. The van der Waals surface area contributed by atoms with Crippen molar-refractivity contribution in [3.05, 3.63) is 35.4 Å². The summed E-state index contributed by atoms with van der Waals surface area (Å²) in [7, 11) is 1.82. The van der Waals surface area contributed by atoms with Gasteiger partial charge in [0.15, 0.2) is 5.96 Å². The molecule has 28 heavy (non-hydrogen) atoms. The van der Waals surface area contributed by atoms with Crippen LogP contribution in [0.2, 0.25) is 0 Å². The molecule has 150 valence electrons. The molecule has 0 aliphatic carbocycles. The number of amides is 2. The van der Waals surface area contributed by atoms with Crippen LogP contribution in [0.3, 0.4) is 0 Å². The summed E-state index contributed by atoms with van der Waals surface area (Å²) in [5.74, 6) is 0.584. The van der Waals surface area contributed by atoms with E-state index in [-0.39, 0.29) is 11.8 Å². The van der Waals surface area contributed by atoms with Gasteiger partial charge in [-0.2, -0.15) is 0 Å². The molecule has 1 spiro atoms. The number of nitrogens with zero attached hydrogens (tertiary/aromatic N) is 3. The molecule has 3 aliphatic rings. The lowest BCUT2D eigenvalue weighted by Crippen LogP contribution is -2.42. The molecule has 1 unspecified atom stereocenters. The number of aliphatic imine (C=N–C) groups is 1. The van der Waals surface area contributed by atoms with Gasteiger partial charge in [0.25, 0.3) is 11.8 Å². The van der Waals surface area contributed by atoms with E-state index in [1.165, 1.54) is 4.90 Å². The number of ether oxygens (including phenoxy) is 1. The Morgan fingerprint density at radius 2 is 1.93 bits per heavy atom. The summed E-state index contributed by atoms with van der Waals surface area (Å²) in [6.45, 7) is 4.98. The molecular formula is C21H28N4O3. The predicted molar refractivity (Wildman–Crippen MR) is 106 cm³/mol. The highest BCUT2D eigenvalue weighted by Gasteiger charge is 2.42. The zero-order valence-electron chi connectivity index (χ0n) is 16.4. The summed E-state index contributed by atoms with van der Waals surface area (Å²) in [5.41, 5.74) is 1.35. The van der Waals surface area contributed by atoms with Crippen molar-refractivity contribution >= 4 is 17.8 Å². The molecule has 4 rings (SSSR count). The predicted octanol–water partition coefficient (Wildman–Crippen LogP) is 1.75. The van der Waals surface area contributed by atoms with Gasteiger partial charge in [-0.3, -0.25) is 19.5 Å². The Balaban J connectivity index is 1.21. The summed E-state index contributed by atoms with van der Waals surface area (Å²) in [5, 5.41) is 3.43. The van der Waals surface area contributed by atoms with Crippen molar-refractivity contribution in [2.45, 2.75) is 25.7 Å². The first-order valence-corrected chi connectivity index (χ1v) is 10.1. The number of rotatable bonds is 5. The van der Waals surface area contributed by atoms with E-state index >= 15 is 0 Å². The van der Waals surface area contributed by atoms with E-state index < -0.39 is 0 Å². The normalized spacial score (nSPS) is 24.5. The number of carbonyl (C=O) groups is 2. The van der Waals surface area contributed by atoms with Gasteiger partial charge in [-0.25, -0.2) is 0 Å². The molecule has 2 amide bonds. The van der Waals surface area contributed by atoms with Gasteiger partial charge in [0, 0.05) is 45.2 Å². The molecule has 1 aromatic rings. The molecule has 2 saturated heterocycles. The molecule has 7 heteroatoms. The van der Waals surface area contributed by atoms with Gasteiger partial charge in [-0.15, -0.1) is 0 Å². The van der Waals surface area contributed by atoms with E-state index in [0.717, 1.165) is 64.5 Å². The molecule has 0 radical (unpaired) electrons. The van der Waals surface area contributed by atoms with Crippen molar-refractivity contribution in [3.63, 3.8) is 0 Å². The monoisotopic (exact) mass is 384 g/mol. The first-order chi connectivity index (χ1) is 13.6. The third-order valence-electron chi connectivity index (χ3n) is 6.10. The second kappa shape index (κ2) is 7.91. The number of likely N-dealkylation sites (tertiary alicyclic amines) is 1. The van der Waals surface area contributed by atoms with Crippen LogP contribution in [0, 0.1) is 5.41 Å². The van der Waals surface area contributed by atoms with Crippen molar-refractivity contribution in [3.8, 4) is 0 Å². The van der Waals surface area contributed by atoms with Crippen molar-refractivity contribution in [1.29, 1.82) is 0 Å². The Morgan fingerprint density at radius 3 is 2.57 bits per heavy atom. The average molecular weight is 384 g/mol. The molecule has 1 atom stereocenters. The van der Waals surface area contributed by atoms with Gasteiger partial charge in [0.2, 0.25) is 0 Å². The number of guanidine groups is 1. The maximum atomic E-state index is 12.4. The number of benzene rings is 1. The van der Waals surface area contributed by atoms with Crippen LogP contribution in [-0.2, 0) is 4.74 Å². The van der Waals surface area contributed by atoms with Crippen LogP contribution < -0.4 is 5.32 Å². The third kappa shape index (κ3) is 3.51. The van der Waals surface area contributed by atoms with Crippen LogP contribution in [-0.4, -0.2) is 74.0 Å². The molecule has 0 bridgehead atoms. The number of hydrogen-bond acceptors (Lipinski definition) is 4. The van der Waals surface area contributed by atoms with Crippen LogP contribution in [0.25, 0.3) is 0 Å². The first kappa shape index (κ1) is 18.9. The van der Waals surface area contributed by atoms with E-state index in [1.54, 1.807) is 24.3 Å². The second-order valence-corrected chi connectivity index (χ2v) is 7.96. The minimum Gasteiger partial charge on any atom is -0.381 e. The lowest BCUT2D eigenvalue weighted by atomic mass is 9.87.